The predicted molar refractivity (Wildman–Crippen MR) is 53.6 cm³/mol. The molecule has 0 aliphatic heterocycles. The molecule has 1 aliphatic rings. The molecular weight excluding hydrogens is 227 g/mol. The Morgan fingerprint density at radius 2 is 1.73 bits per heavy atom. The van der Waals surface area contributed by atoms with Crippen LogP contribution in [0.3, 0.4) is 0 Å². The van der Waals surface area contributed by atoms with E-state index in [1.54, 1.807) is 20.8 Å². The first-order valence-corrected chi connectivity index (χ1v) is 6.02. The van der Waals surface area contributed by atoms with E-state index >= 15 is 0 Å². The Bertz CT molecular complexity index is 255. The highest BCUT2D eigenvalue weighted by Crippen LogP contribution is 2.40. The van der Waals surface area contributed by atoms with Crippen LogP contribution in [0.5, 0.6) is 0 Å². The molecule has 0 radical (unpaired) electrons. The molecule has 0 aromatic carbocycles. The summed E-state index contributed by atoms with van der Waals surface area (Å²) < 4.78 is 50.8. The highest BCUT2D eigenvalue weighted by atomic mass is 32.2. The van der Waals surface area contributed by atoms with Crippen molar-refractivity contribution in [1.29, 1.82) is 0 Å². The minimum Gasteiger partial charge on any atom is -0.242 e. The van der Waals surface area contributed by atoms with E-state index in [2.05, 4.69) is 4.72 Å². The fraction of sp³-hybridized carbons (Fsp3) is 1.00. The highest BCUT2D eigenvalue weighted by molar-refractivity contribution is 7.84. The number of nitrogens with one attached hydrogen (secondary N) is 1. The van der Waals surface area contributed by atoms with Gasteiger partial charge in [-0.05, 0) is 39.5 Å². The van der Waals surface area contributed by atoms with Gasteiger partial charge in [-0.15, -0.1) is 0 Å². The van der Waals surface area contributed by atoms with Crippen LogP contribution in [0, 0.1) is 5.92 Å². The zero-order chi connectivity index (χ0) is 11.9. The van der Waals surface area contributed by atoms with E-state index in [1.165, 1.54) is 0 Å². The molecule has 6 heteroatoms. The Kier molecular flexibility index (Phi) is 3.50. The van der Waals surface area contributed by atoms with Crippen molar-refractivity contribution >= 4 is 11.0 Å². The molecule has 0 bridgehead atoms. The largest absolute Gasteiger partial charge is 0.405 e. The molecule has 1 saturated carbocycles. The van der Waals surface area contributed by atoms with E-state index in [-0.39, 0.29) is 0 Å². The summed E-state index contributed by atoms with van der Waals surface area (Å²) in [4.78, 5) is 0. The van der Waals surface area contributed by atoms with Gasteiger partial charge in [0.2, 0.25) is 0 Å². The topological polar surface area (TPSA) is 29.1 Å². The maximum absolute atomic E-state index is 12.6. The van der Waals surface area contributed by atoms with Gasteiger partial charge in [-0.25, -0.2) is 8.93 Å². The summed E-state index contributed by atoms with van der Waals surface area (Å²) in [6.45, 7) is 4.95. The van der Waals surface area contributed by atoms with Crippen molar-refractivity contribution < 1.29 is 17.4 Å². The van der Waals surface area contributed by atoms with E-state index in [0.717, 1.165) is 0 Å². The number of alkyl halides is 3. The first-order chi connectivity index (χ1) is 6.62. The molecule has 0 spiro atoms. The summed E-state index contributed by atoms with van der Waals surface area (Å²) in [6, 6.07) is -1.61. The molecule has 1 rings (SSSR count). The molecule has 2 atom stereocenters. The fourth-order valence-corrected chi connectivity index (χ4v) is 2.06. The molecule has 15 heavy (non-hydrogen) atoms. The van der Waals surface area contributed by atoms with Crippen LogP contribution in [0.4, 0.5) is 13.2 Å². The van der Waals surface area contributed by atoms with Crippen molar-refractivity contribution in [3.05, 3.63) is 0 Å². The monoisotopic (exact) mass is 243 g/mol. The van der Waals surface area contributed by atoms with Gasteiger partial charge in [0.1, 0.15) is 6.04 Å². The lowest BCUT2D eigenvalue weighted by Crippen LogP contribution is -2.48. The maximum atomic E-state index is 12.6. The van der Waals surface area contributed by atoms with Gasteiger partial charge in [0.25, 0.3) is 0 Å². The Balaban J connectivity index is 2.64. The lowest BCUT2D eigenvalue weighted by Gasteiger charge is -2.25. The van der Waals surface area contributed by atoms with Crippen molar-refractivity contribution in [1.82, 2.24) is 4.72 Å². The van der Waals surface area contributed by atoms with Crippen LogP contribution in [0.25, 0.3) is 0 Å². The number of hydrogen-bond acceptors (Lipinski definition) is 1. The molecule has 0 saturated heterocycles. The van der Waals surface area contributed by atoms with E-state index < -0.39 is 33.9 Å². The second-order valence-corrected chi connectivity index (χ2v) is 6.85. The van der Waals surface area contributed by atoms with Gasteiger partial charge in [-0.1, -0.05) is 0 Å². The number of rotatable bonds is 3. The third-order valence-electron chi connectivity index (χ3n) is 2.24. The number of hydrogen-bond donors (Lipinski definition) is 1. The van der Waals surface area contributed by atoms with Crippen molar-refractivity contribution in [2.75, 3.05) is 0 Å². The standard InChI is InChI=1S/C9H16F3NOS/c1-8(2,3)15(14)13-7(6-4-5-6)9(10,11)12/h6-7,13H,4-5H2,1-3H3/t7-,15-/m0/s1. The summed E-state index contributed by atoms with van der Waals surface area (Å²) >= 11 is 0. The van der Waals surface area contributed by atoms with Crippen molar-refractivity contribution in [2.45, 2.75) is 50.6 Å². The quantitative estimate of drug-likeness (QED) is 0.810. The molecule has 1 aliphatic carbocycles. The highest BCUT2D eigenvalue weighted by Gasteiger charge is 2.50. The van der Waals surface area contributed by atoms with Gasteiger partial charge >= 0.3 is 6.18 Å². The Labute approximate surface area is 90.2 Å². The molecule has 1 fully saturated rings. The minimum atomic E-state index is -4.30. The molecular formula is C9H16F3NOS. The lowest BCUT2D eigenvalue weighted by atomic mass is 10.2. The lowest BCUT2D eigenvalue weighted by molar-refractivity contribution is -0.155. The van der Waals surface area contributed by atoms with Gasteiger partial charge in [-0.3, -0.25) is 0 Å². The third-order valence-corrected chi connectivity index (χ3v) is 3.82. The molecule has 0 amide bonds. The average molecular weight is 243 g/mol. The van der Waals surface area contributed by atoms with Gasteiger partial charge in [0.15, 0.2) is 0 Å². The van der Waals surface area contributed by atoms with Crippen molar-refractivity contribution in [3.63, 3.8) is 0 Å². The van der Waals surface area contributed by atoms with E-state index in [9.17, 15) is 17.4 Å². The van der Waals surface area contributed by atoms with E-state index in [4.69, 9.17) is 0 Å². The molecule has 0 aromatic heterocycles. The van der Waals surface area contributed by atoms with Crippen molar-refractivity contribution in [2.24, 2.45) is 5.92 Å². The second kappa shape index (κ2) is 4.05. The van der Waals surface area contributed by atoms with E-state index in [0.29, 0.717) is 12.8 Å². The minimum absolute atomic E-state index is 0.392. The molecule has 90 valence electrons. The Morgan fingerprint density at radius 3 is 2.00 bits per heavy atom. The molecule has 0 aromatic rings. The van der Waals surface area contributed by atoms with Crippen LogP contribution in [-0.4, -0.2) is 21.2 Å². The average Bonchev–Trinajstić information content (AvgIpc) is 2.77. The normalized spacial score (nSPS) is 22.5. The van der Waals surface area contributed by atoms with Gasteiger partial charge in [0.05, 0.1) is 15.7 Å². The summed E-state index contributed by atoms with van der Waals surface area (Å²) in [7, 11) is -1.66. The zero-order valence-electron chi connectivity index (χ0n) is 9.02. The first-order valence-electron chi connectivity index (χ1n) is 4.87. The van der Waals surface area contributed by atoms with Crippen LogP contribution in [0.2, 0.25) is 0 Å². The van der Waals surface area contributed by atoms with E-state index in [1.807, 2.05) is 0 Å². The van der Waals surface area contributed by atoms with Gasteiger partial charge in [-0.2, -0.15) is 13.2 Å². The maximum Gasteiger partial charge on any atom is 0.405 e. The second-order valence-electron chi connectivity index (χ2n) is 4.86. The van der Waals surface area contributed by atoms with Crippen LogP contribution in [0.15, 0.2) is 0 Å². The SMILES string of the molecule is CC(C)(C)[S@](=O)N[C@@H](C1CC1)C(F)(F)F. The van der Waals surface area contributed by atoms with Gasteiger partial charge < -0.3 is 0 Å². The summed E-state index contributed by atoms with van der Waals surface area (Å²) in [5.74, 6) is -0.392. The Morgan fingerprint density at radius 1 is 1.27 bits per heavy atom. The van der Waals surface area contributed by atoms with Gasteiger partial charge in [0, 0.05) is 0 Å². The number of halogens is 3. The third kappa shape index (κ3) is 3.75. The van der Waals surface area contributed by atoms with Crippen LogP contribution in [0.1, 0.15) is 33.6 Å². The van der Waals surface area contributed by atoms with Crippen molar-refractivity contribution in [3.8, 4) is 0 Å². The van der Waals surface area contributed by atoms with Crippen LogP contribution in [-0.2, 0) is 11.0 Å². The first kappa shape index (κ1) is 13.0. The molecule has 0 unspecified atom stereocenters. The van der Waals surface area contributed by atoms with Crippen LogP contribution >= 0.6 is 0 Å². The summed E-state index contributed by atoms with van der Waals surface area (Å²) in [6.07, 6.45) is -3.17. The predicted octanol–water partition coefficient (Wildman–Crippen LogP) is 2.38. The zero-order valence-corrected chi connectivity index (χ0v) is 9.84. The molecule has 1 N–H and O–H groups in total. The summed E-state index contributed by atoms with van der Waals surface area (Å²) in [5.41, 5.74) is 0. The summed E-state index contributed by atoms with van der Waals surface area (Å²) in [5, 5.41) is 0. The van der Waals surface area contributed by atoms with Crippen LogP contribution < -0.4 is 4.72 Å². The fourth-order valence-electron chi connectivity index (χ4n) is 1.15. The molecule has 2 nitrogen and oxygen atoms in total. The molecule has 0 heterocycles. The Hall–Kier alpha value is -0.100. The smallest absolute Gasteiger partial charge is 0.242 e.